The minimum Gasteiger partial charge on any atom is -0.497 e. The van der Waals surface area contributed by atoms with E-state index in [1.54, 1.807) is 28.1 Å². The summed E-state index contributed by atoms with van der Waals surface area (Å²) in [6, 6.07) is 25.1. The third-order valence-corrected chi connectivity index (χ3v) is 11.1. The molecular formula is C47H58N4O14. The molecule has 0 spiro atoms. The van der Waals surface area contributed by atoms with E-state index in [4.69, 9.17) is 33.9 Å². The molecular weight excluding hydrogens is 845 g/mol. The molecule has 0 unspecified atom stereocenters. The molecule has 6 N–H and O–H groups in total. The summed E-state index contributed by atoms with van der Waals surface area (Å²) in [4.78, 5) is 61.4. The van der Waals surface area contributed by atoms with Crippen molar-refractivity contribution in [2.45, 2.75) is 102 Å². The number of aliphatic carboxylic acids is 1. The van der Waals surface area contributed by atoms with Gasteiger partial charge in [-0.05, 0) is 61.2 Å². The second-order valence-corrected chi connectivity index (χ2v) is 15.7. The van der Waals surface area contributed by atoms with Gasteiger partial charge in [-0.25, -0.2) is 9.59 Å². The number of nitrogens with zero attached hydrogens (tertiary/aromatic N) is 2. The highest BCUT2D eigenvalue weighted by molar-refractivity contribution is 5.66. The van der Waals surface area contributed by atoms with Gasteiger partial charge in [-0.3, -0.25) is 33.5 Å². The maximum atomic E-state index is 12.5. The van der Waals surface area contributed by atoms with Crippen molar-refractivity contribution >= 4 is 5.97 Å². The highest BCUT2D eigenvalue weighted by Gasteiger charge is 2.42. The Morgan fingerprint density at radius 3 is 1.57 bits per heavy atom. The first kappa shape index (κ1) is 49.9. The predicted molar refractivity (Wildman–Crippen MR) is 238 cm³/mol. The molecule has 2 aliphatic heterocycles. The van der Waals surface area contributed by atoms with Gasteiger partial charge in [0.2, 0.25) is 0 Å². The second kappa shape index (κ2) is 23.2. The average Bonchev–Trinajstić information content (AvgIpc) is 3.88. The molecule has 65 heavy (non-hydrogen) atoms. The average molecular weight is 903 g/mol. The molecule has 0 bridgehead atoms. The standard InChI is InChI=1S/C31H32N2O7.C10H14N2O5.C6H12O2/c1-20-18-33(30(36)32-29(20)35)28-17-26(34)27(40-28)19-39-31(21-7-5-4-6-8-21,22-9-13-24(37-2)14-10-22)23-11-15-25(38-3)16-12-23;1-5-3-12(10(16)11-9(5)15)8-2-6(14)7(4-13)17-8;1-2-3-4-5-6(7)8/h4-16,18,26-28,34H,17,19H2,1-3H3,(H,32,35,36);3,6-8,13-14H,2,4H2,1H3,(H,11,15,16);2-5H2,1H3,(H,7,8)/t26-,27+,28+;6-,7+,8+;/m00./s1. The maximum absolute atomic E-state index is 12.5. The third kappa shape index (κ3) is 12.4. The van der Waals surface area contributed by atoms with Crippen molar-refractivity contribution in [1.29, 1.82) is 0 Å². The molecule has 2 aliphatic rings. The van der Waals surface area contributed by atoms with Gasteiger partial charge < -0.3 is 44.1 Å². The summed E-state index contributed by atoms with van der Waals surface area (Å²) >= 11 is 0. The van der Waals surface area contributed by atoms with Crippen LogP contribution in [0.4, 0.5) is 0 Å². The van der Waals surface area contributed by atoms with Crippen molar-refractivity contribution in [1.82, 2.24) is 19.1 Å². The van der Waals surface area contributed by atoms with Gasteiger partial charge in [-0.2, -0.15) is 0 Å². The van der Waals surface area contributed by atoms with Gasteiger partial charge in [0.1, 0.15) is 41.8 Å². The second-order valence-electron chi connectivity index (χ2n) is 15.7. The van der Waals surface area contributed by atoms with E-state index in [2.05, 4.69) is 16.9 Å². The van der Waals surface area contributed by atoms with Crippen LogP contribution in [-0.4, -0.2) is 97.3 Å². The molecule has 0 aliphatic carbocycles. The number of H-pyrrole nitrogens is 2. The van der Waals surface area contributed by atoms with Crippen molar-refractivity contribution < 1.29 is 48.9 Å². The van der Waals surface area contributed by atoms with Crippen LogP contribution in [0.3, 0.4) is 0 Å². The quantitative estimate of drug-likeness (QED) is 0.0648. The van der Waals surface area contributed by atoms with Gasteiger partial charge in [0.15, 0.2) is 0 Å². The smallest absolute Gasteiger partial charge is 0.330 e. The number of hydrogen-bond donors (Lipinski definition) is 6. The number of aromatic amines is 2. The Labute approximate surface area is 374 Å². The summed E-state index contributed by atoms with van der Waals surface area (Å²) in [5.74, 6) is 0.734. The zero-order chi connectivity index (χ0) is 47.3. The fraction of sp³-hybridized carbons (Fsp3) is 0.426. The number of unbranched alkanes of at least 4 members (excludes halogenated alkanes) is 2. The number of hydrogen-bond acceptors (Lipinski definition) is 13. The number of carboxylic acid groups (broad SMARTS) is 1. The van der Waals surface area contributed by atoms with Gasteiger partial charge >= 0.3 is 17.3 Å². The molecule has 2 saturated heterocycles. The molecule has 0 saturated carbocycles. The van der Waals surface area contributed by atoms with Crippen LogP contribution in [0.15, 0.2) is 110 Å². The predicted octanol–water partition coefficient (Wildman–Crippen LogP) is 3.66. The SMILES string of the molecule is CCCCCC(=O)O.COc1ccc(C(OC[C@H]2O[C@@H](n3cc(C)c(=O)[nH]c3=O)C[C@@H]2O)(c2ccccc2)c2ccc(OC)cc2)cc1.Cc1cn([C@H]2C[C@H](O)[C@@H](CO)O2)c(=O)[nH]c1=O. The van der Waals surface area contributed by atoms with Crippen LogP contribution in [0.5, 0.6) is 11.5 Å². The van der Waals surface area contributed by atoms with E-state index >= 15 is 0 Å². The summed E-state index contributed by atoms with van der Waals surface area (Å²) < 4.78 is 31.6. The van der Waals surface area contributed by atoms with Gasteiger partial charge in [-0.15, -0.1) is 0 Å². The van der Waals surface area contributed by atoms with E-state index in [-0.39, 0.29) is 26.1 Å². The number of benzene rings is 3. The van der Waals surface area contributed by atoms with E-state index in [9.17, 15) is 34.2 Å². The van der Waals surface area contributed by atoms with Crippen LogP contribution in [0.25, 0.3) is 0 Å². The third-order valence-electron chi connectivity index (χ3n) is 11.1. The fourth-order valence-corrected chi connectivity index (χ4v) is 7.49. The Balaban J connectivity index is 0.000000260. The lowest BCUT2D eigenvalue weighted by atomic mass is 9.80. The van der Waals surface area contributed by atoms with Crippen LogP contribution >= 0.6 is 0 Å². The molecule has 3 aromatic carbocycles. The Morgan fingerprint density at radius 1 is 0.708 bits per heavy atom. The molecule has 4 heterocycles. The number of carboxylic acids is 1. The van der Waals surface area contributed by atoms with E-state index in [0.29, 0.717) is 29.0 Å². The van der Waals surface area contributed by atoms with Crippen molar-refractivity contribution in [3.8, 4) is 11.5 Å². The molecule has 0 radical (unpaired) electrons. The van der Waals surface area contributed by atoms with E-state index in [1.807, 2.05) is 78.9 Å². The van der Waals surface area contributed by atoms with Gasteiger partial charge in [0.05, 0.1) is 39.6 Å². The molecule has 350 valence electrons. The molecule has 7 rings (SSSR count). The monoisotopic (exact) mass is 902 g/mol. The molecule has 2 fully saturated rings. The van der Waals surface area contributed by atoms with Gasteiger partial charge in [0, 0.05) is 42.8 Å². The molecule has 18 nitrogen and oxygen atoms in total. The zero-order valence-electron chi connectivity index (χ0n) is 37.0. The Bertz CT molecular complexity index is 2490. The highest BCUT2D eigenvalue weighted by Crippen LogP contribution is 2.42. The Morgan fingerprint density at radius 2 is 1.15 bits per heavy atom. The van der Waals surface area contributed by atoms with Gasteiger partial charge in [-0.1, -0.05) is 74.4 Å². The molecule has 6 atom stereocenters. The van der Waals surface area contributed by atoms with Crippen LogP contribution in [0.1, 0.15) is 85.7 Å². The summed E-state index contributed by atoms with van der Waals surface area (Å²) in [5, 5.41) is 37.6. The zero-order valence-corrected chi connectivity index (χ0v) is 37.0. The van der Waals surface area contributed by atoms with Crippen molar-refractivity contribution in [3.05, 3.63) is 161 Å². The summed E-state index contributed by atoms with van der Waals surface area (Å²) in [6.07, 6.45) is 1.93. The first-order chi connectivity index (χ1) is 31.1. The largest absolute Gasteiger partial charge is 0.497 e. The number of carbonyl (C=O) groups is 1. The number of aromatic nitrogens is 4. The minimum atomic E-state index is -1.08. The van der Waals surface area contributed by atoms with Crippen LogP contribution in [0, 0.1) is 13.8 Å². The number of ether oxygens (including phenoxy) is 5. The molecule has 2 aromatic heterocycles. The van der Waals surface area contributed by atoms with E-state index in [1.165, 1.54) is 21.5 Å². The minimum absolute atomic E-state index is 0.0156. The lowest BCUT2D eigenvalue weighted by molar-refractivity contribution is -0.137. The fourth-order valence-electron chi connectivity index (χ4n) is 7.49. The Hall–Kier alpha value is -6.15. The molecule has 0 amide bonds. The maximum Gasteiger partial charge on any atom is 0.330 e. The van der Waals surface area contributed by atoms with Crippen LogP contribution < -0.4 is 32.0 Å². The normalized spacial score (nSPS) is 20.2. The number of aliphatic hydroxyl groups is 3. The van der Waals surface area contributed by atoms with Crippen molar-refractivity contribution in [3.63, 3.8) is 0 Å². The summed E-state index contributed by atoms with van der Waals surface area (Å²) in [5.41, 5.74) is 0.182. The first-order valence-electron chi connectivity index (χ1n) is 21.3. The Kier molecular flexibility index (Phi) is 17.8. The molecule has 18 heteroatoms. The van der Waals surface area contributed by atoms with E-state index in [0.717, 1.165) is 36.0 Å². The topological polar surface area (TPSA) is 254 Å². The summed E-state index contributed by atoms with van der Waals surface area (Å²) in [7, 11) is 3.23. The lowest BCUT2D eigenvalue weighted by Gasteiger charge is -2.37. The number of nitrogens with one attached hydrogen (secondary N) is 2. The van der Waals surface area contributed by atoms with Gasteiger partial charge in [0.25, 0.3) is 11.1 Å². The van der Waals surface area contributed by atoms with Crippen LogP contribution in [-0.2, 0) is 24.6 Å². The van der Waals surface area contributed by atoms with Crippen LogP contribution in [0.2, 0.25) is 0 Å². The summed E-state index contributed by atoms with van der Waals surface area (Å²) in [6.45, 7) is 4.95. The number of rotatable bonds is 15. The van der Waals surface area contributed by atoms with Crippen molar-refractivity contribution in [2.75, 3.05) is 27.4 Å². The highest BCUT2D eigenvalue weighted by atomic mass is 16.6. The number of methoxy groups -OCH3 is 2. The van der Waals surface area contributed by atoms with E-state index < -0.39 is 70.9 Å². The lowest BCUT2D eigenvalue weighted by Crippen LogP contribution is -2.38. The van der Waals surface area contributed by atoms with Crippen molar-refractivity contribution in [2.24, 2.45) is 0 Å². The molecule has 5 aromatic rings. The number of aliphatic hydroxyl groups excluding tert-OH is 3. The first-order valence-corrected chi connectivity index (χ1v) is 21.3. The number of aryl methyl sites for hydroxylation is 2.